The van der Waals surface area contributed by atoms with Crippen molar-refractivity contribution in [1.82, 2.24) is 4.98 Å². The zero-order valence-corrected chi connectivity index (χ0v) is 13.1. The minimum absolute atomic E-state index is 0.147. The van der Waals surface area contributed by atoms with Crippen molar-refractivity contribution in [2.75, 3.05) is 12.4 Å². The molecule has 0 bridgehead atoms. The van der Waals surface area contributed by atoms with E-state index in [1.54, 1.807) is 36.4 Å². The Labute approximate surface area is 136 Å². The summed E-state index contributed by atoms with van der Waals surface area (Å²) in [6.45, 7) is 0.298. The first-order chi connectivity index (χ1) is 11.1. The highest BCUT2D eigenvalue weighted by Gasteiger charge is 2.06. The first-order valence-corrected chi connectivity index (χ1v) is 7.33. The van der Waals surface area contributed by atoms with Crippen LogP contribution in [0.4, 0.5) is 10.1 Å². The minimum atomic E-state index is -0.434. The summed E-state index contributed by atoms with van der Waals surface area (Å²) in [5.74, 6) is -0.287. The maximum absolute atomic E-state index is 13.4. The van der Waals surface area contributed by atoms with Gasteiger partial charge in [0.25, 0.3) is 5.56 Å². The second-order valence-electron chi connectivity index (χ2n) is 5.06. The van der Waals surface area contributed by atoms with E-state index in [4.69, 9.17) is 16.3 Å². The molecular formula is C17H14ClFN2O2. The monoisotopic (exact) mass is 332 g/mol. The maximum atomic E-state index is 13.4. The Balaban J connectivity index is 1.86. The third kappa shape index (κ3) is 3.29. The molecule has 3 aromatic rings. The van der Waals surface area contributed by atoms with Gasteiger partial charge >= 0.3 is 0 Å². The van der Waals surface area contributed by atoms with E-state index in [2.05, 4.69) is 10.3 Å². The molecule has 3 rings (SSSR count). The molecule has 4 nitrogen and oxygen atoms in total. The van der Waals surface area contributed by atoms with E-state index < -0.39 is 5.82 Å². The van der Waals surface area contributed by atoms with Crippen molar-refractivity contribution in [1.29, 1.82) is 0 Å². The van der Waals surface area contributed by atoms with Crippen molar-refractivity contribution in [3.05, 3.63) is 69.2 Å². The molecule has 0 saturated heterocycles. The van der Waals surface area contributed by atoms with Gasteiger partial charge in [-0.2, -0.15) is 0 Å². The number of H-pyrrole nitrogens is 1. The standard InChI is InChI=1S/C17H14ClFN2O2/c1-23-16-8-13(3-4-14(16)19)20-9-11-6-10-7-12(18)2-5-15(10)21-17(11)22/h2-8,20H,9H2,1H3,(H,21,22). The number of aromatic nitrogens is 1. The van der Waals surface area contributed by atoms with Crippen LogP contribution in [0.1, 0.15) is 5.56 Å². The van der Waals surface area contributed by atoms with Gasteiger partial charge in [-0.25, -0.2) is 4.39 Å². The number of benzene rings is 2. The van der Waals surface area contributed by atoms with E-state index in [0.717, 1.165) is 10.9 Å². The molecule has 0 spiro atoms. The average molecular weight is 333 g/mol. The first-order valence-electron chi connectivity index (χ1n) is 6.95. The molecule has 0 fully saturated rings. The predicted molar refractivity (Wildman–Crippen MR) is 89.9 cm³/mol. The lowest BCUT2D eigenvalue weighted by Gasteiger charge is -2.09. The van der Waals surface area contributed by atoms with E-state index in [1.807, 2.05) is 0 Å². The fourth-order valence-corrected chi connectivity index (χ4v) is 2.50. The molecule has 0 atom stereocenters. The molecule has 1 aromatic heterocycles. The lowest BCUT2D eigenvalue weighted by Crippen LogP contribution is -2.15. The number of fused-ring (bicyclic) bond motifs is 1. The van der Waals surface area contributed by atoms with Crippen molar-refractivity contribution < 1.29 is 9.13 Å². The van der Waals surface area contributed by atoms with Crippen LogP contribution in [0.15, 0.2) is 47.3 Å². The molecule has 0 aliphatic rings. The topological polar surface area (TPSA) is 54.1 Å². The predicted octanol–water partition coefficient (Wildman–Crippen LogP) is 3.94. The van der Waals surface area contributed by atoms with Crippen molar-refractivity contribution in [2.24, 2.45) is 0 Å². The molecule has 6 heteroatoms. The molecule has 0 saturated carbocycles. The van der Waals surface area contributed by atoms with Crippen LogP contribution in [0, 0.1) is 5.82 Å². The van der Waals surface area contributed by atoms with Crippen LogP contribution in [0.2, 0.25) is 5.02 Å². The highest BCUT2D eigenvalue weighted by atomic mass is 35.5. The van der Waals surface area contributed by atoms with Crippen molar-refractivity contribution in [3.8, 4) is 5.75 Å². The Bertz CT molecular complexity index is 924. The minimum Gasteiger partial charge on any atom is -0.494 e. The van der Waals surface area contributed by atoms with Crippen LogP contribution in [0.3, 0.4) is 0 Å². The second kappa shape index (κ2) is 6.30. The molecule has 0 aliphatic heterocycles. The molecule has 0 unspecified atom stereocenters. The smallest absolute Gasteiger partial charge is 0.253 e. The van der Waals surface area contributed by atoms with Gasteiger partial charge in [0.05, 0.1) is 7.11 Å². The van der Waals surface area contributed by atoms with E-state index in [-0.39, 0.29) is 11.3 Å². The molecule has 2 N–H and O–H groups in total. The van der Waals surface area contributed by atoms with Crippen molar-refractivity contribution in [3.63, 3.8) is 0 Å². The van der Waals surface area contributed by atoms with Crippen LogP contribution in [-0.2, 0) is 6.54 Å². The van der Waals surface area contributed by atoms with Gasteiger partial charge in [-0.05, 0) is 36.4 Å². The Morgan fingerprint density at radius 1 is 1.22 bits per heavy atom. The number of hydrogen-bond acceptors (Lipinski definition) is 3. The van der Waals surface area contributed by atoms with Crippen molar-refractivity contribution >= 4 is 28.2 Å². The van der Waals surface area contributed by atoms with Gasteiger partial charge in [0.2, 0.25) is 0 Å². The summed E-state index contributed by atoms with van der Waals surface area (Å²) in [6.07, 6.45) is 0. The van der Waals surface area contributed by atoms with Crippen LogP contribution in [0.25, 0.3) is 10.9 Å². The Hall–Kier alpha value is -2.53. The number of nitrogens with one attached hydrogen (secondary N) is 2. The molecule has 23 heavy (non-hydrogen) atoms. The van der Waals surface area contributed by atoms with Crippen LogP contribution in [0.5, 0.6) is 5.75 Å². The maximum Gasteiger partial charge on any atom is 0.253 e. The van der Waals surface area contributed by atoms with E-state index in [0.29, 0.717) is 22.8 Å². The summed E-state index contributed by atoms with van der Waals surface area (Å²) in [6, 6.07) is 11.5. The SMILES string of the molecule is COc1cc(NCc2cc3cc(Cl)ccc3[nH]c2=O)ccc1F. The van der Waals surface area contributed by atoms with Gasteiger partial charge in [-0.1, -0.05) is 11.6 Å². The van der Waals surface area contributed by atoms with Crippen LogP contribution < -0.4 is 15.6 Å². The van der Waals surface area contributed by atoms with Gasteiger partial charge in [-0.15, -0.1) is 0 Å². The second-order valence-corrected chi connectivity index (χ2v) is 5.49. The normalized spacial score (nSPS) is 10.7. The molecule has 118 valence electrons. The van der Waals surface area contributed by atoms with Gasteiger partial charge in [0.1, 0.15) is 0 Å². The first kappa shape index (κ1) is 15.4. The zero-order chi connectivity index (χ0) is 16.4. The zero-order valence-electron chi connectivity index (χ0n) is 12.3. The lowest BCUT2D eigenvalue weighted by atomic mass is 10.1. The number of halogens is 2. The summed E-state index contributed by atoms with van der Waals surface area (Å²) < 4.78 is 18.3. The van der Waals surface area contributed by atoms with E-state index in [9.17, 15) is 9.18 Å². The third-order valence-electron chi connectivity index (χ3n) is 3.52. The average Bonchev–Trinajstić information content (AvgIpc) is 2.54. The Kier molecular flexibility index (Phi) is 4.21. The number of aromatic amines is 1. The highest BCUT2D eigenvalue weighted by Crippen LogP contribution is 2.22. The number of ether oxygens (including phenoxy) is 1. The molecular weight excluding hydrogens is 319 g/mol. The highest BCUT2D eigenvalue weighted by molar-refractivity contribution is 6.31. The molecule has 1 heterocycles. The van der Waals surface area contributed by atoms with E-state index in [1.165, 1.54) is 13.2 Å². The molecule has 2 aromatic carbocycles. The third-order valence-corrected chi connectivity index (χ3v) is 3.75. The number of methoxy groups -OCH3 is 1. The summed E-state index contributed by atoms with van der Waals surface area (Å²) in [5.41, 5.74) is 1.77. The Morgan fingerprint density at radius 3 is 2.83 bits per heavy atom. The Morgan fingerprint density at radius 2 is 2.04 bits per heavy atom. The fourth-order valence-electron chi connectivity index (χ4n) is 2.32. The van der Waals surface area contributed by atoms with Gasteiger partial charge < -0.3 is 15.0 Å². The van der Waals surface area contributed by atoms with Crippen molar-refractivity contribution in [2.45, 2.75) is 6.54 Å². The largest absolute Gasteiger partial charge is 0.494 e. The van der Waals surface area contributed by atoms with Gasteiger partial charge in [-0.3, -0.25) is 4.79 Å². The quantitative estimate of drug-likeness (QED) is 0.761. The van der Waals surface area contributed by atoms with Crippen LogP contribution in [-0.4, -0.2) is 12.1 Å². The molecule has 0 amide bonds. The number of anilines is 1. The molecule has 0 aliphatic carbocycles. The molecule has 0 radical (unpaired) electrons. The van der Waals surface area contributed by atoms with Gasteiger partial charge in [0, 0.05) is 39.8 Å². The number of hydrogen-bond donors (Lipinski definition) is 2. The van der Waals surface area contributed by atoms with Crippen LogP contribution >= 0.6 is 11.6 Å². The lowest BCUT2D eigenvalue weighted by molar-refractivity contribution is 0.387. The van der Waals surface area contributed by atoms with E-state index >= 15 is 0 Å². The van der Waals surface area contributed by atoms with Gasteiger partial charge in [0.15, 0.2) is 11.6 Å². The summed E-state index contributed by atoms with van der Waals surface area (Å²) >= 11 is 5.97. The summed E-state index contributed by atoms with van der Waals surface area (Å²) in [5, 5.41) is 4.54. The summed E-state index contributed by atoms with van der Waals surface area (Å²) in [7, 11) is 1.40. The number of rotatable bonds is 4. The number of pyridine rings is 1. The fraction of sp³-hybridized carbons (Fsp3) is 0.118. The summed E-state index contributed by atoms with van der Waals surface area (Å²) in [4.78, 5) is 14.9.